The van der Waals surface area contributed by atoms with Crippen LogP contribution in [0.4, 0.5) is 0 Å². The lowest BCUT2D eigenvalue weighted by Gasteiger charge is -2.19. The van der Waals surface area contributed by atoms with Gasteiger partial charge in [-0.15, -0.1) is 0 Å². The van der Waals surface area contributed by atoms with E-state index in [2.05, 4.69) is 5.32 Å². The molecule has 1 aromatic carbocycles. The lowest BCUT2D eigenvalue weighted by Crippen LogP contribution is -2.50. The zero-order chi connectivity index (χ0) is 19.8. The van der Waals surface area contributed by atoms with Crippen LogP contribution in [-0.2, 0) is 27.8 Å². The van der Waals surface area contributed by atoms with E-state index in [1.165, 1.54) is 0 Å². The van der Waals surface area contributed by atoms with E-state index >= 15 is 0 Å². The van der Waals surface area contributed by atoms with Gasteiger partial charge in [0, 0.05) is 31.9 Å². The van der Waals surface area contributed by atoms with E-state index in [0.717, 1.165) is 22.2 Å². The Labute approximate surface area is 159 Å². The first-order valence-electron chi connectivity index (χ1n) is 9.30. The van der Waals surface area contributed by atoms with Crippen molar-refractivity contribution in [3.63, 3.8) is 0 Å². The predicted octanol–water partition coefficient (Wildman–Crippen LogP) is 1.85. The number of aryl methyl sites for hydroxylation is 1. The number of rotatable bonds is 9. The number of para-hydroxylation sites is 1. The molecule has 3 N–H and O–H groups in total. The number of amides is 1. The summed E-state index contributed by atoms with van der Waals surface area (Å²) < 4.78 is 14.6. The van der Waals surface area contributed by atoms with Crippen LogP contribution in [0.15, 0.2) is 30.5 Å². The van der Waals surface area contributed by atoms with E-state index < -0.39 is 18.1 Å². The fraction of sp³-hybridized carbons (Fsp3) is 0.474. The molecular formula is C19H27N3O3S. The molecule has 0 unspecified atom stereocenters. The van der Waals surface area contributed by atoms with E-state index in [1.807, 2.05) is 36.7 Å². The maximum atomic E-state index is 12.4. The van der Waals surface area contributed by atoms with Crippen LogP contribution in [0.1, 0.15) is 20.3 Å². The molecule has 2 atom stereocenters. The van der Waals surface area contributed by atoms with Crippen molar-refractivity contribution in [2.24, 2.45) is 12.8 Å². The normalized spacial score (nSPS) is 13.9. The number of hydrogen-bond acceptors (Lipinski definition) is 5. The fourth-order valence-corrected chi connectivity index (χ4v) is 3.29. The Morgan fingerprint density at radius 3 is 2.88 bits per heavy atom. The molecule has 0 fully saturated rings. The van der Waals surface area contributed by atoms with Gasteiger partial charge in [-0.05, 0) is 37.0 Å². The minimum absolute atomic E-state index is 0.0799. The summed E-state index contributed by atoms with van der Waals surface area (Å²) in [4.78, 5) is 24.8. The van der Waals surface area contributed by atoms with Crippen molar-refractivity contribution in [1.82, 2.24) is 9.88 Å². The molecule has 0 bridgehead atoms. The molecule has 0 aliphatic carbocycles. The van der Waals surface area contributed by atoms with Crippen LogP contribution in [0.25, 0.3) is 10.9 Å². The first-order chi connectivity index (χ1) is 13.0. The quantitative estimate of drug-likeness (QED) is 0.651. The van der Waals surface area contributed by atoms with Crippen LogP contribution < -0.4 is 11.1 Å². The number of thioether (sulfide) groups is 1. The summed E-state index contributed by atoms with van der Waals surface area (Å²) in [7, 11) is 0.0799. The van der Waals surface area contributed by atoms with Gasteiger partial charge in [-0.25, -0.2) is 4.79 Å². The third-order valence-corrected chi connectivity index (χ3v) is 4.80. The van der Waals surface area contributed by atoms with E-state index in [4.69, 9.17) is 11.8 Å². The van der Waals surface area contributed by atoms with Crippen LogP contribution in [0.3, 0.4) is 0 Å². The monoisotopic (exact) mass is 378 g/mol. The molecule has 0 saturated heterocycles. The maximum absolute atomic E-state index is 12.4. The van der Waals surface area contributed by atoms with E-state index in [1.54, 1.807) is 23.3 Å². The fourth-order valence-electron chi connectivity index (χ4n) is 2.80. The molecule has 0 aliphatic heterocycles. The van der Waals surface area contributed by atoms with Gasteiger partial charge in [0.05, 0.1) is 12.6 Å². The number of nitrogens with one attached hydrogen (secondary N) is 1. The van der Waals surface area contributed by atoms with Gasteiger partial charge in [-0.1, -0.05) is 18.2 Å². The van der Waals surface area contributed by atoms with Crippen molar-refractivity contribution in [2.45, 2.75) is 31.8 Å². The maximum Gasteiger partial charge on any atom is 0.328 e. The van der Waals surface area contributed by atoms with Crippen molar-refractivity contribution in [2.75, 3.05) is 18.6 Å². The minimum atomic E-state index is -0.817. The zero-order valence-corrected chi connectivity index (χ0v) is 16.1. The van der Waals surface area contributed by atoms with Gasteiger partial charge in [0.2, 0.25) is 5.91 Å². The number of benzene rings is 1. The number of carbonyl (C=O) groups excluding carboxylic acids is 2. The number of esters is 1. The molecule has 0 aliphatic rings. The van der Waals surface area contributed by atoms with Gasteiger partial charge in [0.25, 0.3) is 0 Å². The summed E-state index contributed by atoms with van der Waals surface area (Å²) in [5, 5.41) is 3.71. The summed E-state index contributed by atoms with van der Waals surface area (Å²) in [6, 6.07) is 6.23. The SMILES string of the molecule is [2H]Cn1cc(C[C@H](NC(=O)[C@@H](N)CCSC)C(=O)OCC)c2ccccc21. The molecule has 2 aromatic rings. The standard InChI is InChI=1S/C19H27N3O3S/c1-4-25-19(24)16(21-18(23)15(20)9-10-26-3)11-13-12-22(2)17-8-6-5-7-14(13)17/h5-8,12,15-16H,4,9-11,20H2,1-3H3,(H,21,23)/t15-,16-/m0/s1/i2D. The Hall–Kier alpha value is -1.99. The van der Waals surface area contributed by atoms with Crippen LogP contribution in [0, 0.1) is 0 Å². The van der Waals surface area contributed by atoms with Gasteiger partial charge in [-0.2, -0.15) is 11.8 Å². The lowest BCUT2D eigenvalue weighted by molar-refractivity contribution is -0.147. The number of nitrogens with two attached hydrogens (primary N) is 1. The van der Waals surface area contributed by atoms with Crippen molar-refractivity contribution in [1.29, 1.82) is 0 Å². The van der Waals surface area contributed by atoms with E-state index in [9.17, 15) is 9.59 Å². The van der Waals surface area contributed by atoms with Crippen molar-refractivity contribution < 1.29 is 15.7 Å². The second-order valence-electron chi connectivity index (χ2n) is 6.05. The molecule has 26 heavy (non-hydrogen) atoms. The molecule has 2 rings (SSSR count). The lowest BCUT2D eigenvalue weighted by atomic mass is 10.0. The van der Waals surface area contributed by atoms with Crippen molar-refractivity contribution >= 4 is 34.5 Å². The summed E-state index contributed by atoms with van der Waals surface area (Å²) in [6.45, 7) is 1.96. The molecule has 6 nitrogen and oxygen atoms in total. The van der Waals surface area contributed by atoms with Gasteiger partial charge < -0.3 is 20.4 Å². The summed E-state index contributed by atoms with van der Waals surface area (Å²) in [5.74, 6) is -0.0627. The molecular weight excluding hydrogens is 350 g/mol. The predicted molar refractivity (Wildman–Crippen MR) is 106 cm³/mol. The largest absolute Gasteiger partial charge is 0.464 e. The molecule has 1 heterocycles. The van der Waals surface area contributed by atoms with E-state index in [-0.39, 0.29) is 26.0 Å². The highest BCUT2D eigenvalue weighted by Gasteiger charge is 2.26. The Bertz CT molecular complexity index is 781. The van der Waals surface area contributed by atoms with Crippen molar-refractivity contribution in [3.8, 4) is 0 Å². The molecule has 142 valence electrons. The Kier molecular flexibility index (Phi) is 6.96. The second kappa shape index (κ2) is 9.64. The second-order valence-corrected chi connectivity index (χ2v) is 7.03. The molecule has 1 amide bonds. The Morgan fingerprint density at radius 1 is 1.42 bits per heavy atom. The third-order valence-electron chi connectivity index (χ3n) is 4.15. The number of hydrogen-bond donors (Lipinski definition) is 2. The highest BCUT2D eigenvalue weighted by molar-refractivity contribution is 7.98. The van der Waals surface area contributed by atoms with Crippen LogP contribution >= 0.6 is 11.8 Å². The number of carbonyl (C=O) groups is 2. The van der Waals surface area contributed by atoms with Crippen LogP contribution in [0.2, 0.25) is 0 Å². The number of nitrogens with zero attached hydrogens (tertiary/aromatic N) is 1. The number of aromatic nitrogens is 1. The Balaban J connectivity index is 2.22. The molecule has 0 radical (unpaired) electrons. The van der Waals surface area contributed by atoms with Gasteiger partial charge in [0.15, 0.2) is 0 Å². The average Bonchev–Trinajstić information content (AvgIpc) is 3.03. The van der Waals surface area contributed by atoms with Gasteiger partial charge in [-0.3, -0.25) is 4.79 Å². The minimum Gasteiger partial charge on any atom is -0.464 e. The number of fused-ring (bicyclic) bond motifs is 1. The van der Waals surface area contributed by atoms with Crippen LogP contribution in [-0.4, -0.2) is 47.1 Å². The van der Waals surface area contributed by atoms with Crippen molar-refractivity contribution in [3.05, 3.63) is 36.0 Å². The summed E-state index contributed by atoms with van der Waals surface area (Å²) in [5.41, 5.74) is 7.74. The zero-order valence-electron chi connectivity index (χ0n) is 16.2. The molecule has 7 heteroatoms. The Morgan fingerprint density at radius 2 is 2.19 bits per heavy atom. The average molecular weight is 379 g/mol. The number of ether oxygens (including phenoxy) is 1. The van der Waals surface area contributed by atoms with Crippen LogP contribution in [0.5, 0.6) is 0 Å². The highest BCUT2D eigenvalue weighted by atomic mass is 32.2. The summed E-state index contributed by atoms with van der Waals surface area (Å²) >= 11 is 1.62. The summed E-state index contributed by atoms with van der Waals surface area (Å²) in [6.07, 6.45) is 4.63. The molecule has 1 aromatic heterocycles. The highest BCUT2D eigenvalue weighted by Crippen LogP contribution is 2.22. The third kappa shape index (κ3) is 5.02. The van der Waals surface area contributed by atoms with Gasteiger partial charge in [0.1, 0.15) is 6.04 Å². The molecule has 0 saturated carbocycles. The first-order valence-corrected chi connectivity index (χ1v) is 9.98. The smallest absolute Gasteiger partial charge is 0.328 e. The van der Waals surface area contributed by atoms with E-state index in [0.29, 0.717) is 6.42 Å². The topological polar surface area (TPSA) is 86.4 Å². The molecule has 0 spiro atoms. The first kappa shape index (κ1) is 18.8. The van der Waals surface area contributed by atoms with Gasteiger partial charge >= 0.3 is 5.97 Å².